The summed E-state index contributed by atoms with van der Waals surface area (Å²) in [5.74, 6) is 1.76. The fourth-order valence-electron chi connectivity index (χ4n) is 2.85. The van der Waals surface area contributed by atoms with Gasteiger partial charge in [-0.15, -0.1) is 10.2 Å². The lowest BCUT2D eigenvalue weighted by atomic mass is 10.1. The van der Waals surface area contributed by atoms with Crippen molar-refractivity contribution >= 4 is 17.8 Å². The van der Waals surface area contributed by atoms with Crippen molar-refractivity contribution in [3.05, 3.63) is 76.3 Å². The molecule has 1 unspecified atom stereocenters. The standard InChI is InChI=1S/C18H15ClN4/c1-12-18-22-21-17(9-13-5-3-2-4-6-13)23(18)16-8-7-15(19)10-14(16)11-20-12/h2-8,10-12H,9H2,1H3. The molecule has 0 radical (unpaired) electrons. The lowest BCUT2D eigenvalue weighted by Crippen LogP contribution is -2.08. The van der Waals surface area contributed by atoms with Gasteiger partial charge in [-0.3, -0.25) is 9.56 Å². The molecule has 0 bridgehead atoms. The van der Waals surface area contributed by atoms with Crippen molar-refractivity contribution in [2.24, 2.45) is 4.99 Å². The predicted molar refractivity (Wildman–Crippen MR) is 91.6 cm³/mol. The van der Waals surface area contributed by atoms with Gasteiger partial charge in [-0.1, -0.05) is 41.9 Å². The predicted octanol–water partition coefficient (Wildman–Crippen LogP) is 4.01. The molecular formula is C18H15ClN4. The first-order valence-corrected chi connectivity index (χ1v) is 7.91. The molecule has 5 heteroatoms. The molecule has 114 valence electrons. The minimum Gasteiger partial charge on any atom is -0.281 e. The van der Waals surface area contributed by atoms with Crippen molar-refractivity contribution in [1.29, 1.82) is 0 Å². The van der Waals surface area contributed by atoms with Crippen molar-refractivity contribution in [2.45, 2.75) is 19.4 Å². The maximum absolute atomic E-state index is 6.13. The third kappa shape index (κ3) is 2.55. The normalized spacial score (nSPS) is 15.8. The molecule has 1 atom stereocenters. The van der Waals surface area contributed by atoms with Crippen molar-refractivity contribution in [1.82, 2.24) is 14.8 Å². The summed E-state index contributed by atoms with van der Waals surface area (Å²) >= 11 is 6.13. The second-order valence-corrected chi connectivity index (χ2v) is 6.07. The number of fused-ring (bicyclic) bond motifs is 3. The Balaban J connectivity index is 1.87. The van der Waals surface area contributed by atoms with Crippen molar-refractivity contribution in [3.63, 3.8) is 0 Å². The Hall–Kier alpha value is -2.46. The van der Waals surface area contributed by atoms with Gasteiger partial charge in [-0.05, 0) is 30.7 Å². The quantitative estimate of drug-likeness (QED) is 0.715. The van der Waals surface area contributed by atoms with E-state index in [0.29, 0.717) is 5.02 Å². The van der Waals surface area contributed by atoms with Crippen LogP contribution in [0.5, 0.6) is 0 Å². The van der Waals surface area contributed by atoms with Crippen LogP contribution in [0.15, 0.2) is 53.5 Å². The highest BCUT2D eigenvalue weighted by Crippen LogP contribution is 2.28. The molecule has 1 aliphatic heterocycles. The van der Waals surface area contributed by atoms with E-state index in [4.69, 9.17) is 11.6 Å². The van der Waals surface area contributed by atoms with Crippen LogP contribution in [0, 0.1) is 0 Å². The van der Waals surface area contributed by atoms with Crippen LogP contribution in [-0.2, 0) is 6.42 Å². The first-order valence-electron chi connectivity index (χ1n) is 7.53. The molecule has 1 aromatic heterocycles. The van der Waals surface area contributed by atoms with Gasteiger partial charge >= 0.3 is 0 Å². The topological polar surface area (TPSA) is 43.1 Å². The summed E-state index contributed by atoms with van der Waals surface area (Å²) in [4.78, 5) is 4.56. The molecule has 3 aromatic rings. The van der Waals surface area contributed by atoms with E-state index >= 15 is 0 Å². The Morgan fingerprint density at radius 2 is 1.91 bits per heavy atom. The molecule has 23 heavy (non-hydrogen) atoms. The third-order valence-corrected chi connectivity index (χ3v) is 4.24. The van der Waals surface area contributed by atoms with E-state index < -0.39 is 0 Å². The number of benzene rings is 2. The van der Waals surface area contributed by atoms with Crippen LogP contribution in [-0.4, -0.2) is 21.0 Å². The molecule has 0 saturated heterocycles. The van der Waals surface area contributed by atoms with E-state index in [1.54, 1.807) is 0 Å². The van der Waals surface area contributed by atoms with Crippen LogP contribution >= 0.6 is 11.6 Å². The molecule has 2 aromatic carbocycles. The number of hydrogen-bond donors (Lipinski definition) is 0. The Labute approximate surface area is 139 Å². The zero-order chi connectivity index (χ0) is 15.8. The molecule has 0 spiro atoms. The molecule has 2 heterocycles. The lowest BCUT2D eigenvalue weighted by molar-refractivity contribution is 0.721. The van der Waals surface area contributed by atoms with Gasteiger partial charge < -0.3 is 0 Å². The number of nitrogens with zero attached hydrogens (tertiary/aromatic N) is 4. The number of aliphatic imine (C=N–C) groups is 1. The molecule has 4 rings (SSSR count). The van der Waals surface area contributed by atoms with E-state index in [1.165, 1.54) is 5.56 Å². The Morgan fingerprint density at radius 1 is 1.09 bits per heavy atom. The van der Waals surface area contributed by atoms with E-state index in [1.807, 2.05) is 49.5 Å². The highest BCUT2D eigenvalue weighted by Gasteiger charge is 2.22. The second-order valence-electron chi connectivity index (χ2n) is 5.63. The second kappa shape index (κ2) is 5.63. The fourth-order valence-corrected chi connectivity index (χ4v) is 3.03. The van der Waals surface area contributed by atoms with Gasteiger partial charge in [0.25, 0.3) is 0 Å². The number of aromatic nitrogens is 3. The molecule has 0 N–H and O–H groups in total. The summed E-state index contributed by atoms with van der Waals surface area (Å²) in [6.45, 7) is 2.02. The van der Waals surface area contributed by atoms with E-state index in [2.05, 4.69) is 31.9 Å². The first-order chi connectivity index (χ1) is 11.2. The minimum atomic E-state index is -0.0433. The van der Waals surface area contributed by atoms with Gasteiger partial charge in [0, 0.05) is 23.2 Å². The Kier molecular flexibility index (Phi) is 3.46. The van der Waals surface area contributed by atoms with Crippen LogP contribution < -0.4 is 0 Å². The SMILES string of the molecule is CC1N=Cc2cc(Cl)ccc2-n2c(Cc3ccccc3)nnc21. The summed E-state index contributed by atoms with van der Waals surface area (Å²) in [6.07, 6.45) is 2.59. The van der Waals surface area contributed by atoms with Gasteiger partial charge in [0.2, 0.25) is 0 Å². The summed E-state index contributed by atoms with van der Waals surface area (Å²) in [5.41, 5.74) is 3.21. The maximum atomic E-state index is 6.13. The van der Waals surface area contributed by atoms with Gasteiger partial charge in [-0.25, -0.2) is 0 Å². The molecule has 0 saturated carbocycles. The zero-order valence-corrected chi connectivity index (χ0v) is 13.4. The average Bonchev–Trinajstić information content (AvgIpc) is 2.91. The highest BCUT2D eigenvalue weighted by atomic mass is 35.5. The fraction of sp³-hybridized carbons (Fsp3) is 0.167. The summed E-state index contributed by atoms with van der Waals surface area (Å²) in [6, 6.07) is 16.1. The van der Waals surface area contributed by atoms with Gasteiger partial charge in [0.15, 0.2) is 5.82 Å². The van der Waals surface area contributed by atoms with Crippen molar-refractivity contribution < 1.29 is 0 Å². The van der Waals surface area contributed by atoms with Gasteiger partial charge in [-0.2, -0.15) is 0 Å². The third-order valence-electron chi connectivity index (χ3n) is 4.00. The zero-order valence-electron chi connectivity index (χ0n) is 12.6. The van der Waals surface area contributed by atoms with Gasteiger partial charge in [0.1, 0.15) is 11.9 Å². The van der Waals surface area contributed by atoms with Crippen LogP contribution in [0.25, 0.3) is 5.69 Å². The summed E-state index contributed by atoms with van der Waals surface area (Å²) in [7, 11) is 0. The van der Waals surface area contributed by atoms with Crippen LogP contribution in [0.4, 0.5) is 0 Å². The number of rotatable bonds is 2. The monoisotopic (exact) mass is 322 g/mol. The van der Waals surface area contributed by atoms with E-state index in [0.717, 1.165) is 29.3 Å². The van der Waals surface area contributed by atoms with Gasteiger partial charge in [0.05, 0.1) is 5.69 Å². The smallest absolute Gasteiger partial charge is 0.162 e. The van der Waals surface area contributed by atoms with E-state index in [9.17, 15) is 0 Å². The van der Waals surface area contributed by atoms with Crippen molar-refractivity contribution in [3.8, 4) is 5.69 Å². The maximum Gasteiger partial charge on any atom is 0.162 e. The summed E-state index contributed by atoms with van der Waals surface area (Å²) < 4.78 is 2.11. The Morgan fingerprint density at radius 3 is 2.74 bits per heavy atom. The highest BCUT2D eigenvalue weighted by molar-refractivity contribution is 6.31. The average molecular weight is 323 g/mol. The number of halogens is 1. The molecule has 0 fully saturated rings. The molecule has 0 aliphatic carbocycles. The van der Waals surface area contributed by atoms with E-state index in [-0.39, 0.29) is 6.04 Å². The molecule has 1 aliphatic rings. The summed E-state index contributed by atoms with van der Waals surface area (Å²) in [5, 5.41) is 9.49. The molecular weight excluding hydrogens is 308 g/mol. The van der Waals surface area contributed by atoms with Crippen LogP contribution in [0.3, 0.4) is 0 Å². The van der Waals surface area contributed by atoms with Crippen molar-refractivity contribution in [2.75, 3.05) is 0 Å². The Bertz CT molecular complexity index is 883. The molecule has 0 amide bonds. The largest absolute Gasteiger partial charge is 0.281 e. The number of hydrogen-bond acceptors (Lipinski definition) is 3. The first kappa shape index (κ1) is 14.2. The van der Waals surface area contributed by atoms with Crippen LogP contribution in [0.1, 0.15) is 35.7 Å². The lowest BCUT2D eigenvalue weighted by Gasteiger charge is -2.12. The van der Waals surface area contributed by atoms with Crippen LogP contribution in [0.2, 0.25) is 5.02 Å². The minimum absolute atomic E-state index is 0.0433. The molecule has 4 nitrogen and oxygen atoms in total.